The van der Waals surface area contributed by atoms with Crippen LogP contribution in [0.4, 0.5) is 17.1 Å². The Morgan fingerprint density at radius 3 is 2.41 bits per heavy atom. The van der Waals surface area contributed by atoms with Gasteiger partial charge in [0.15, 0.2) is 0 Å². The Balaban J connectivity index is 1.76. The van der Waals surface area contributed by atoms with E-state index in [1.807, 2.05) is 24.5 Å². The maximum atomic E-state index is 4.09. The molecule has 3 nitrogen and oxygen atoms in total. The summed E-state index contributed by atoms with van der Waals surface area (Å²) in [5.41, 5.74) is 6.16. The third kappa shape index (κ3) is 2.11. The number of benzene rings is 2. The van der Waals surface area contributed by atoms with Crippen molar-refractivity contribution in [3.05, 3.63) is 73.1 Å². The van der Waals surface area contributed by atoms with E-state index < -0.39 is 0 Å². The van der Waals surface area contributed by atoms with Crippen molar-refractivity contribution >= 4 is 17.1 Å². The van der Waals surface area contributed by atoms with Crippen LogP contribution in [0, 0.1) is 0 Å². The number of rotatable bonds is 2. The molecule has 0 unspecified atom stereocenters. The van der Waals surface area contributed by atoms with E-state index in [-0.39, 0.29) is 0 Å². The summed E-state index contributed by atoms with van der Waals surface area (Å²) in [6, 6.07) is 21.3. The lowest BCUT2D eigenvalue weighted by Gasteiger charge is -2.20. The van der Waals surface area contributed by atoms with Gasteiger partial charge in [-0.25, -0.2) is 0 Å². The van der Waals surface area contributed by atoms with E-state index in [4.69, 9.17) is 0 Å². The number of pyridine rings is 1. The van der Waals surface area contributed by atoms with Crippen molar-refractivity contribution in [2.24, 2.45) is 0 Å². The Morgan fingerprint density at radius 1 is 0.818 bits per heavy atom. The highest BCUT2D eigenvalue weighted by atomic mass is 15.4. The van der Waals surface area contributed by atoms with Crippen LogP contribution in [0.15, 0.2) is 73.1 Å². The number of aromatic nitrogens is 1. The number of para-hydroxylation sites is 2. The van der Waals surface area contributed by atoms with E-state index in [1.165, 1.54) is 28.2 Å². The van der Waals surface area contributed by atoms with E-state index in [9.17, 15) is 0 Å². The van der Waals surface area contributed by atoms with Gasteiger partial charge >= 0.3 is 0 Å². The van der Waals surface area contributed by atoms with Crippen molar-refractivity contribution in [1.29, 1.82) is 0 Å². The molecule has 0 fully saturated rings. The Bertz CT molecular complexity index is 799. The SMILES string of the molecule is CN1CN(c2cccc(-c3ccncc3)c2)c2ccccc21. The van der Waals surface area contributed by atoms with E-state index in [1.54, 1.807) is 0 Å². The summed E-state index contributed by atoms with van der Waals surface area (Å²) in [5, 5.41) is 0. The molecule has 0 atom stereocenters. The number of hydrogen-bond acceptors (Lipinski definition) is 3. The molecule has 0 bridgehead atoms. The fourth-order valence-electron chi connectivity index (χ4n) is 3.00. The van der Waals surface area contributed by atoms with Gasteiger partial charge in [0.25, 0.3) is 0 Å². The smallest absolute Gasteiger partial charge is 0.0950 e. The minimum atomic E-state index is 0.874. The average Bonchev–Trinajstić information content (AvgIpc) is 2.93. The molecule has 4 rings (SSSR count). The summed E-state index contributed by atoms with van der Waals surface area (Å²) in [6.07, 6.45) is 3.67. The number of anilines is 3. The maximum Gasteiger partial charge on any atom is 0.0950 e. The lowest BCUT2D eigenvalue weighted by molar-refractivity contribution is 0.950. The highest BCUT2D eigenvalue weighted by molar-refractivity contribution is 5.83. The zero-order valence-corrected chi connectivity index (χ0v) is 12.5. The van der Waals surface area contributed by atoms with Crippen LogP contribution >= 0.6 is 0 Å². The molecule has 0 radical (unpaired) electrons. The van der Waals surface area contributed by atoms with Crippen molar-refractivity contribution in [2.45, 2.75) is 0 Å². The first kappa shape index (κ1) is 12.9. The van der Waals surface area contributed by atoms with Gasteiger partial charge in [0.1, 0.15) is 0 Å². The average molecular weight is 287 g/mol. The first-order chi connectivity index (χ1) is 10.8. The molecular weight excluding hydrogens is 270 g/mol. The summed E-state index contributed by atoms with van der Waals surface area (Å²) < 4.78 is 0. The van der Waals surface area contributed by atoms with Gasteiger partial charge in [-0.15, -0.1) is 0 Å². The molecule has 2 heterocycles. The number of fused-ring (bicyclic) bond motifs is 1. The normalized spacial score (nSPS) is 13.3. The minimum Gasteiger partial charge on any atom is -0.355 e. The Morgan fingerprint density at radius 2 is 1.59 bits per heavy atom. The Labute approximate surface area is 130 Å². The molecule has 3 aromatic rings. The van der Waals surface area contributed by atoms with Crippen LogP contribution in [0.5, 0.6) is 0 Å². The number of nitrogens with zero attached hydrogens (tertiary/aromatic N) is 3. The lowest BCUT2D eigenvalue weighted by atomic mass is 10.1. The van der Waals surface area contributed by atoms with Gasteiger partial charge in [-0.2, -0.15) is 0 Å². The molecular formula is C19H17N3. The summed E-state index contributed by atoms with van der Waals surface area (Å²) in [4.78, 5) is 8.71. The first-order valence-electron chi connectivity index (χ1n) is 7.41. The largest absolute Gasteiger partial charge is 0.355 e. The standard InChI is InChI=1S/C19H17N3/c1-21-14-22(19-8-3-2-7-18(19)21)17-6-4-5-16(13-17)15-9-11-20-12-10-15/h2-13H,14H2,1H3. The van der Waals surface area contributed by atoms with Crippen LogP contribution in [0.1, 0.15) is 0 Å². The molecule has 0 aliphatic carbocycles. The molecule has 108 valence electrons. The van der Waals surface area contributed by atoms with Crippen LogP contribution in [-0.2, 0) is 0 Å². The van der Waals surface area contributed by atoms with E-state index in [0.717, 1.165) is 6.67 Å². The molecule has 2 aromatic carbocycles. The highest BCUT2D eigenvalue weighted by Gasteiger charge is 2.23. The van der Waals surface area contributed by atoms with Gasteiger partial charge in [0, 0.05) is 25.1 Å². The zero-order chi connectivity index (χ0) is 14.9. The second kappa shape index (κ2) is 5.19. The fourth-order valence-corrected chi connectivity index (χ4v) is 3.00. The Hall–Kier alpha value is -2.81. The van der Waals surface area contributed by atoms with Crippen molar-refractivity contribution in [2.75, 3.05) is 23.5 Å². The van der Waals surface area contributed by atoms with Crippen LogP contribution in [-0.4, -0.2) is 18.7 Å². The predicted octanol–water partition coefficient (Wildman–Crippen LogP) is 4.29. The van der Waals surface area contributed by atoms with Crippen molar-refractivity contribution in [1.82, 2.24) is 4.98 Å². The Kier molecular flexibility index (Phi) is 3.04. The molecule has 22 heavy (non-hydrogen) atoms. The second-order valence-corrected chi connectivity index (χ2v) is 5.54. The molecule has 0 N–H and O–H groups in total. The maximum absolute atomic E-state index is 4.09. The fraction of sp³-hybridized carbons (Fsp3) is 0.105. The van der Waals surface area contributed by atoms with Gasteiger partial charge in [0.05, 0.1) is 18.0 Å². The molecule has 3 heteroatoms. The summed E-state index contributed by atoms with van der Waals surface area (Å²) in [7, 11) is 2.13. The quantitative estimate of drug-likeness (QED) is 0.700. The minimum absolute atomic E-state index is 0.874. The lowest BCUT2D eigenvalue weighted by Crippen LogP contribution is -2.23. The zero-order valence-electron chi connectivity index (χ0n) is 12.5. The van der Waals surface area contributed by atoms with Crippen LogP contribution in [0.25, 0.3) is 11.1 Å². The van der Waals surface area contributed by atoms with E-state index in [2.05, 4.69) is 70.4 Å². The van der Waals surface area contributed by atoms with Gasteiger partial charge in [-0.05, 0) is 47.5 Å². The van der Waals surface area contributed by atoms with Crippen molar-refractivity contribution in [3.63, 3.8) is 0 Å². The third-order valence-corrected chi connectivity index (χ3v) is 4.11. The topological polar surface area (TPSA) is 19.4 Å². The van der Waals surface area contributed by atoms with Crippen LogP contribution < -0.4 is 9.80 Å². The predicted molar refractivity (Wildman–Crippen MR) is 91.5 cm³/mol. The molecule has 1 aliphatic heterocycles. The van der Waals surface area contributed by atoms with Crippen LogP contribution in [0.3, 0.4) is 0 Å². The van der Waals surface area contributed by atoms with Gasteiger partial charge in [-0.1, -0.05) is 24.3 Å². The summed E-state index contributed by atoms with van der Waals surface area (Å²) >= 11 is 0. The van der Waals surface area contributed by atoms with Crippen LogP contribution in [0.2, 0.25) is 0 Å². The second-order valence-electron chi connectivity index (χ2n) is 5.54. The number of hydrogen-bond donors (Lipinski definition) is 0. The molecule has 0 saturated heterocycles. The van der Waals surface area contributed by atoms with E-state index >= 15 is 0 Å². The summed E-state index contributed by atoms with van der Waals surface area (Å²) in [5.74, 6) is 0. The molecule has 0 amide bonds. The first-order valence-corrected chi connectivity index (χ1v) is 7.41. The van der Waals surface area contributed by atoms with Gasteiger partial charge in [0.2, 0.25) is 0 Å². The highest BCUT2D eigenvalue weighted by Crippen LogP contribution is 2.40. The van der Waals surface area contributed by atoms with Crippen molar-refractivity contribution in [3.8, 4) is 11.1 Å². The monoisotopic (exact) mass is 287 g/mol. The molecule has 1 aromatic heterocycles. The third-order valence-electron chi connectivity index (χ3n) is 4.11. The molecule has 1 aliphatic rings. The van der Waals surface area contributed by atoms with Gasteiger partial charge in [-0.3, -0.25) is 4.98 Å². The van der Waals surface area contributed by atoms with Crippen molar-refractivity contribution < 1.29 is 0 Å². The molecule has 0 saturated carbocycles. The van der Waals surface area contributed by atoms with E-state index in [0.29, 0.717) is 0 Å². The van der Waals surface area contributed by atoms with Gasteiger partial charge < -0.3 is 9.80 Å². The molecule has 0 spiro atoms. The summed E-state index contributed by atoms with van der Waals surface area (Å²) in [6.45, 7) is 0.874.